The first-order valence-electron chi connectivity index (χ1n) is 8.05. The fraction of sp³-hybridized carbons (Fsp3) is 0.143. The van der Waals surface area contributed by atoms with Gasteiger partial charge in [0.05, 0.1) is 7.11 Å². The van der Waals surface area contributed by atoms with Crippen molar-refractivity contribution in [2.45, 2.75) is 13.5 Å². The normalized spacial score (nSPS) is 11.0. The first-order chi connectivity index (χ1) is 12.2. The summed E-state index contributed by atoms with van der Waals surface area (Å²) in [5, 5.41) is 1.64. The van der Waals surface area contributed by atoms with Gasteiger partial charge in [-0.3, -0.25) is 0 Å². The molecule has 0 heterocycles. The molecule has 3 aromatic rings. The highest BCUT2D eigenvalue weighted by molar-refractivity contribution is 7.56. The predicted molar refractivity (Wildman–Crippen MR) is 102 cm³/mol. The van der Waals surface area contributed by atoms with E-state index in [9.17, 15) is 4.39 Å². The van der Waals surface area contributed by atoms with Gasteiger partial charge in [-0.1, -0.05) is 63.2 Å². The smallest absolute Gasteiger partial charge is 0.169 e. The number of hydrogen-bond donors (Lipinski definition) is 0. The van der Waals surface area contributed by atoms with E-state index in [1.54, 1.807) is 13.2 Å². The Morgan fingerprint density at radius 2 is 1.68 bits per heavy atom. The number of benzene rings is 3. The summed E-state index contributed by atoms with van der Waals surface area (Å²) in [6, 6.07) is 20.9. The maximum Gasteiger partial charge on any atom is 0.169 e. The molecular weight excluding hydrogens is 334 g/mol. The van der Waals surface area contributed by atoms with Crippen LogP contribution in [0.2, 0.25) is 0 Å². The van der Waals surface area contributed by atoms with Gasteiger partial charge in [0.2, 0.25) is 0 Å². The molecule has 0 bridgehead atoms. The van der Waals surface area contributed by atoms with Gasteiger partial charge in [-0.25, -0.2) is 4.39 Å². The summed E-state index contributed by atoms with van der Waals surface area (Å²) in [5.74, 6) is 1.15. The minimum absolute atomic E-state index is 0.160. The van der Waals surface area contributed by atoms with Crippen molar-refractivity contribution >= 4 is 19.2 Å². The Balaban J connectivity index is 1.91. The molecule has 0 aliphatic carbocycles. The summed E-state index contributed by atoms with van der Waals surface area (Å²) in [6.45, 7) is 2.37. The molecule has 1 unspecified atom stereocenters. The van der Waals surface area contributed by atoms with Gasteiger partial charge in [0.15, 0.2) is 11.5 Å². The van der Waals surface area contributed by atoms with Crippen LogP contribution in [-0.4, -0.2) is 7.11 Å². The molecule has 0 aromatic heterocycles. The SMILES string of the molecule is COc1cccc(Pc2c(C)cccc2F)c1OCc1ccccc1. The average Bonchev–Trinajstić information content (AvgIpc) is 2.64. The molecule has 2 nitrogen and oxygen atoms in total. The molecule has 4 heteroatoms. The van der Waals surface area contributed by atoms with Gasteiger partial charge in [-0.05, 0) is 30.2 Å². The van der Waals surface area contributed by atoms with Gasteiger partial charge in [0.1, 0.15) is 12.4 Å². The van der Waals surface area contributed by atoms with Crippen LogP contribution >= 0.6 is 8.58 Å². The molecule has 3 rings (SSSR count). The molecule has 0 saturated heterocycles. The van der Waals surface area contributed by atoms with Crippen LogP contribution in [0.15, 0.2) is 66.7 Å². The number of methoxy groups -OCH3 is 1. The highest BCUT2D eigenvalue weighted by Crippen LogP contribution is 2.31. The number of halogens is 1. The predicted octanol–water partition coefficient (Wildman–Crippen LogP) is 4.35. The molecule has 0 saturated carbocycles. The Morgan fingerprint density at radius 3 is 2.40 bits per heavy atom. The second-order valence-electron chi connectivity index (χ2n) is 5.67. The van der Waals surface area contributed by atoms with Crippen molar-refractivity contribution in [3.8, 4) is 11.5 Å². The van der Waals surface area contributed by atoms with Crippen molar-refractivity contribution < 1.29 is 13.9 Å². The first kappa shape index (κ1) is 17.4. The van der Waals surface area contributed by atoms with Gasteiger partial charge >= 0.3 is 0 Å². The highest BCUT2D eigenvalue weighted by Gasteiger charge is 2.14. The van der Waals surface area contributed by atoms with Crippen molar-refractivity contribution in [1.82, 2.24) is 0 Å². The number of aryl methyl sites for hydroxylation is 1. The van der Waals surface area contributed by atoms with Crippen LogP contribution in [0, 0.1) is 12.7 Å². The largest absolute Gasteiger partial charge is 0.493 e. The van der Waals surface area contributed by atoms with Gasteiger partial charge in [0, 0.05) is 10.6 Å². The zero-order chi connectivity index (χ0) is 17.6. The van der Waals surface area contributed by atoms with E-state index in [4.69, 9.17) is 9.47 Å². The fourth-order valence-electron chi connectivity index (χ4n) is 2.58. The summed E-state index contributed by atoms with van der Waals surface area (Å²) in [5.41, 5.74) is 2.01. The van der Waals surface area contributed by atoms with Crippen molar-refractivity contribution in [2.75, 3.05) is 7.11 Å². The number of para-hydroxylation sites is 1. The quantitative estimate of drug-likeness (QED) is 0.613. The van der Waals surface area contributed by atoms with Crippen LogP contribution in [0.25, 0.3) is 0 Å². The molecule has 0 radical (unpaired) electrons. The number of ether oxygens (including phenoxy) is 2. The van der Waals surface area contributed by atoms with E-state index in [0.717, 1.165) is 16.4 Å². The van der Waals surface area contributed by atoms with E-state index in [0.29, 0.717) is 23.4 Å². The number of rotatable bonds is 6. The Hall–Kier alpha value is -2.38. The molecule has 0 fully saturated rings. The van der Waals surface area contributed by atoms with E-state index in [-0.39, 0.29) is 14.4 Å². The second-order valence-corrected chi connectivity index (χ2v) is 6.96. The third-order valence-electron chi connectivity index (χ3n) is 3.91. The van der Waals surface area contributed by atoms with Crippen LogP contribution in [0.5, 0.6) is 11.5 Å². The molecule has 25 heavy (non-hydrogen) atoms. The highest BCUT2D eigenvalue weighted by atomic mass is 31.1. The molecule has 0 aliphatic rings. The third-order valence-corrected chi connectivity index (χ3v) is 5.45. The van der Waals surface area contributed by atoms with Gasteiger partial charge in [0.25, 0.3) is 0 Å². The molecule has 1 atom stereocenters. The summed E-state index contributed by atoms with van der Waals surface area (Å²) in [7, 11) is 1.78. The minimum atomic E-state index is -0.185. The second kappa shape index (κ2) is 8.13. The van der Waals surface area contributed by atoms with Crippen LogP contribution in [0.1, 0.15) is 11.1 Å². The van der Waals surface area contributed by atoms with E-state index in [2.05, 4.69) is 0 Å². The lowest BCUT2D eigenvalue weighted by atomic mass is 10.2. The van der Waals surface area contributed by atoms with Crippen LogP contribution in [0.3, 0.4) is 0 Å². The van der Waals surface area contributed by atoms with E-state index < -0.39 is 0 Å². The van der Waals surface area contributed by atoms with Crippen LogP contribution < -0.4 is 20.1 Å². The lowest BCUT2D eigenvalue weighted by Crippen LogP contribution is -2.14. The minimum Gasteiger partial charge on any atom is -0.493 e. The molecule has 0 aliphatic heterocycles. The topological polar surface area (TPSA) is 18.5 Å². The van der Waals surface area contributed by atoms with Crippen LogP contribution in [0.4, 0.5) is 4.39 Å². The lowest BCUT2D eigenvalue weighted by molar-refractivity contribution is 0.287. The van der Waals surface area contributed by atoms with Crippen molar-refractivity contribution in [2.24, 2.45) is 0 Å². The molecule has 128 valence electrons. The van der Waals surface area contributed by atoms with Crippen LogP contribution in [-0.2, 0) is 6.61 Å². The first-order valence-corrected chi connectivity index (χ1v) is 9.05. The zero-order valence-corrected chi connectivity index (χ0v) is 15.3. The maximum atomic E-state index is 14.2. The van der Waals surface area contributed by atoms with Crippen molar-refractivity contribution in [3.63, 3.8) is 0 Å². The molecule has 3 aromatic carbocycles. The molecule has 0 spiro atoms. The molecular formula is C21H20FO2P. The monoisotopic (exact) mass is 354 g/mol. The Labute approximate surface area is 149 Å². The Morgan fingerprint density at radius 1 is 0.920 bits per heavy atom. The summed E-state index contributed by atoms with van der Waals surface area (Å²) >= 11 is 0. The third kappa shape index (κ3) is 4.18. The fourth-order valence-corrected chi connectivity index (χ4v) is 3.82. The van der Waals surface area contributed by atoms with E-state index in [1.165, 1.54) is 6.07 Å². The zero-order valence-electron chi connectivity index (χ0n) is 14.3. The Kier molecular flexibility index (Phi) is 5.67. The maximum absolute atomic E-state index is 14.2. The lowest BCUT2D eigenvalue weighted by Gasteiger charge is -2.16. The van der Waals surface area contributed by atoms with Gasteiger partial charge in [-0.15, -0.1) is 0 Å². The summed E-state index contributed by atoms with van der Waals surface area (Å²) < 4.78 is 25.8. The van der Waals surface area contributed by atoms with Crippen molar-refractivity contribution in [1.29, 1.82) is 0 Å². The standard InChI is InChI=1S/C21H20FO2P/c1-15-8-6-11-17(22)21(15)25-19-13-7-12-18(23-2)20(19)24-14-16-9-4-3-5-10-16/h3-13,25H,14H2,1-2H3. The van der Waals surface area contributed by atoms with E-state index in [1.807, 2.05) is 61.5 Å². The van der Waals surface area contributed by atoms with Gasteiger partial charge < -0.3 is 9.47 Å². The van der Waals surface area contributed by atoms with Gasteiger partial charge in [-0.2, -0.15) is 0 Å². The van der Waals surface area contributed by atoms with Crippen molar-refractivity contribution in [3.05, 3.63) is 83.7 Å². The summed E-state index contributed by atoms with van der Waals surface area (Å²) in [4.78, 5) is 0. The Bertz CT molecular complexity index is 830. The summed E-state index contributed by atoms with van der Waals surface area (Å²) in [6.07, 6.45) is 0. The molecule has 0 amide bonds. The molecule has 0 N–H and O–H groups in total. The average molecular weight is 354 g/mol. The van der Waals surface area contributed by atoms with E-state index >= 15 is 0 Å². The number of hydrogen-bond acceptors (Lipinski definition) is 2.